The molecule has 0 bridgehead atoms. The third-order valence-corrected chi connectivity index (χ3v) is 7.34. The number of hydrogen-bond donors (Lipinski definition) is 0. The van der Waals surface area contributed by atoms with E-state index in [-0.39, 0.29) is 10.1 Å². The second-order valence-electron chi connectivity index (χ2n) is 5.26. The van der Waals surface area contributed by atoms with Crippen LogP contribution in [-0.4, -0.2) is 19.7 Å². The fourth-order valence-electron chi connectivity index (χ4n) is 1.89. The number of aryl methyl sites for hydroxylation is 2. The van der Waals surface area contributed by atoms with Crippen molar-refractivity contribution in [2.24, 2.45) is 3.77 Å². The summed E-state index contributed by atoms with van der Waals surface area (Å²) in [5.74, 6) is 0. The lowest BCUT2D eigenvalue weighted by Gasteiger charge is -2.12. The van der Waals surface area contributed by atoms with Crippen molar-refractivity contribution >= 4 is 20.7 Å². The number of aromatic nitrogens is 1. The summed E-state index contributed by atoms with van der Waals surface area (Å²) in [6.07, 6.45) is 3.63. The van der Waals surface area contributed by atoms with Crippen LogP contribution in [0.3, 0.4) is 0 Å². The van der Waals surface area contributed by atoms with Gasteiger partial charge in [0.15, 0.2) is 0 Å². The van der Waals surface area contributed by atoms with E-state index in [1.807, 2.05) is 39.2 Å². The van der Waals surface area contributed by atoms with E-state index in [1.54, 1.807) is 30.5 Å². The average molecular weight is 336 g/mol. The Bertz CT molecular complexity index is 780. The van der Waals surface area contributed by atoms with Crippen molar-refractivity contribution in [3.8, 4) is 0 Å². The molecule has 2 aromatic rings. The Balaban J connectivity index is 2.30. The zero-order valence-electron chi connectivity index (χ0n) is 13.1. The summed E-state index contributed by atoms with van der Waals surface area (Å²) in [6, 6.07) is 10.7. The van der Waals surface area contributed by atoms with Crippen LogP contribution in [0.1, 0.15) is 29.0 Å². The van der Waals surface area contributed by atoms with E-state index < -0.39 is 20.7 Å². The molecule has 1 aromatic heterocycles. The number of pyridine rings is 1. The zero-order chi connectivity index (χ0) is 16.3. The SMILES string of the molecule is Cc1ccc(S(=O)(=O)N=S(C)C(C)c2ccc(C)nc2)cc1. The predicted octanol–water partition coefficient (Wildman–Crippen LogP) is 3.58. The first-order valence-corrected chi connectivity index (χ1v) is 10.0. The smallest absolute Gasteiger partial charge is 0.261 e. The van der Waals surface area contributed by atoms with Crippen LogP contribution in [0.2, 0.25) is 0 Å². The first kappa shape index (κ1) is 16.8. The molecule has 0 aliphatic rings. The highest BCUT2D eigenvalue weighted by atomic mass is 32.3. The highest BCUT2D eigenvalue weighted by molar-refractivity contribution is 8.00. The van der Waals surface area contributed by atoms with Crippen molar-refractivity contribution < 1.29 is 8.42 Å². The Hall–Kier alpha value is -1.53. The van der Waals surface area contributed by atoms with Gasteiger partial charge in [-0.25, -0.2) is 0 Å². The molecule has 0 fully saturated rings. The summed E-state index contributed by atoms with van der Waals surface area (Å²) in [7, 11) is -4.27. The van der Waals surface area contributed by atoms with E-state index in [1.165, 1.54) is 0 Å². The number of hydrogen-bond acceptors (Lipinski definition) is 3. The molecule has 0 aliphatic heterocycles. The van der Waals surface area contributed by atoms with E-state index in [9.17, 15) is 8.42 Å². The number of sulfonamides is 1. The highest BCUT2D eigenvalue weighted by Gasteiger charge is 2.16. The molecule has 6 heteroatoms. The second-order valence-corrected chi connectivity index (χ2v) is 9.03. The third-order valence-electron chi connectivity index (χ3n) is 3.45. The molecule has 0 aliphatic carbocycles. The van der Waals surface area contributed by atoms with Gasteiger partial charge in [0, 0.05) is 17.1 Å². The molecule has 0 radical (unpaired) electrons. The molecule has 2 rings (SSSR count). The first-order chi connectivity index (χ1) is 10.3. The maximum atomic E-state index is 12.4. The van der Waals surface area contributed by atoms with Gasteiger partial charge in [-0.05, 0) is 50.8 Å². The van der Waals surface area contributed by atoms with Gasteiger partial charge in [-0.1, -0.05) is 34.5 Å². The normalized spacial score (nSPS) is 14.7. The van der Waals surface area contributed by atoms with E-state index in [0.29, 0.717) is 0 Å². The molecule has 1 heterocycles. The summed E-state index contributed by atoms with van der Waals surface area (Å²) < 4.78 is 28.8. The van der Waals surface area contributed by atoms with Gasteiger partial charge in [-0.15, -0.1) is 3.77 Å². The first-order valence-electron chi connectivity index (χ1n) is 6.92. The predicted molar refractivity (Wildman–Crippen MR) is 91.5 cm³/mol. The van der Waals surface area contributed by atoms with Gasteiger partial charge in [0.25, 0.3) is 10.0 Å². The van der Waals surface area contributed by atoms with Gasteiger partial charge in [0.05, 0.1) is 4.90 Å². The van der Waals surface area contributed by atoms with Crippen molar-refractivity contribution in [1.82, 2.24) is 4.98 Å². The van der Waals surface area contributed by atoms with Crippen molar-refractivity contribution in [3.63, 3.8) is 0 Å². The van der Waals surface area contributed by atoms with Gasteiger partial charge < -0.3 is 0 Å². The summed E-state index contributed by atoms with van der Waals surface area (Å²) >= 11 is 0. The van der Waals surface area contributed by atoms with Crippen LogP contribution < -0.4 is 0 Å². The lowest BCUT2D eigenvalue weighted by atomic mass is 10.2. The summed E-state index contributed by atoms with van der Waals surface area (Å²) in [6.45, 7) is 5.82. The Labute approximate surface area is 134 Å². The molecule has 4 nitrogen and oxygen atoms in total. The lowest BCUT2D eigenvalue weighted by molar-refractivity contribution is 0.598. The van der Waals surface area contributed by atoms with E-state index in [2.05, 4.69) is 8.75 Å². The van der Waals surface area contributed by atoms with Gasteiger partial charge in [0.1, 0.15) is 0 Å². The second kappa shape index (κ2) is 6.71. The summed E-state index contributed by atoms with van der Waals surface area (Å²) in [5.41, 5.74) is 2.96. The molecular formula is C16H20N2O2S2. The monoisotopic (exact) mass is 336 g/mol. The molecule has 1 aromatic carbocycles. The standard InChI is InChI=1S/C16H20N2O2S2/c1-12-5-9-16(10-6-12)22(19,20)18-21(4)14(3)15-8-7-13(2)17-11-15/h5-11,14H,1-4H3. The van der Waals surface area contributed by atoms with Crippen LogP contribution in [0.4, 0.5) is 0 Å². The minimum absolute atomic E-state index is 0.00771. The minimum Gasteiger partial charge on any atom is -0.261 e. The molecule has 118 valence electrons. The fourth-order valence-corrected chi connectivity index (χ4v) is 5.00. The largest absolute Gasteiger partial charge is 0.287 e. The molecule has 2 unspecified atom stereocenters. The zero-order valence-corrected chi connectivity index (χ0v) is 14.8. The van der Waals surface area contributed by atoms with Crippen molar-refractivity contribution in [2.75, 3.05) is 6.26 Å². The van der Waals surface area contributed by atoms with Crippen LogP contribution in [0.25, 0.3) is 0 Å². The molecule has 2 atom stereocenters. The molecule has 0 spiro atoms. The molecular weight excluding hydrogens is 316 g/mol. The van der Waals surface area contributed by atoms with Crippen LogP contribution in [0.5, 0.6) is 0 Å². The molecule has 0 amide bonds. The van der Waals surface area contributed by atoms with Gasteiger partial charge in [-0.2, -0.15) is 8.42 Å². The van der Waals surface area contributed by atoms with Crippen molar-refractivity contribution in [1.29, 1.82) is 0 Å². The van der Waals surface area contributed by atoms with Crippen LogP contribution in [0.15, 0.2) is 51.3 Å². The van der Waals surface area contributed by atoms with E-state index >= 15 is 0 Å². The van der Waals surface area contributed by atoms with Gasteiger partial charge in [0.2, 0.25) is 0 Å². The van der Waals surface area contributed by atoms with Gasteiger partial charge in [-0.3, -0.25) is 4.98 Å². The van der Waals surface area contributed by atoms with Crippen LogP contribution >= 0.6 is 0 Å². The molecule has 0 N–H and O–H groups in total. The quantitative estimate of drug-likeness (QED) is 0.857. The lowest BCUT2D eigenvalue weighted by Crippen LogP contribution is -2.05. The maximum Gasteiger partial charge on any atom is 0.287 e. The van der Waals surface area contributed by atoms with Gasteiger partial charge >= 0.3 is 0 Å². The fraction of sp³-hybridized carbons (Fsp3) is 0.312. The highest BCUT2D eigenvalue weighted by Crippen LogP contribution is 2.22. The van der Waals surface area contributed by atoms with Crippen molar-refractivity contribution in [2.45, 2.75) is 30.9 Å². The molecule has 0 saturated carbocycles. The Morgan fingerprint density at radius 1 is 1.09 bits per heavy atom. The van der Waals surface area contributed by atoms with E-state index in [4.69, 9.17) is 0 Å². The maximum absolute atomic E-state index is 12.4. The Morgan fingerprint density at radius 3 is 2.27 bits per heavy atom. The third kappa shape index (κ3) is 4.01. The number of rotatable bonds is 4. The molecule has 0 saturated heterocycles. The summed E-state index contributed by atoms with van der Waals surface area (Å²) in [4.78, 5) is 4.50. The van der Waals surface area contributed by atoms with E-state index in [0.717, 1.165) is 16.8 Å². The average Bonchev–Trinajstić information content (AvgIpc) is 2.47. The summed E-state index contributed by atoms with van der Waals surface area (Å²) in [5, 5.41) is 0.00771. The minimum atomic E-state index is -3.62. The van der Waals surface area contributed by atoms with Crippen molar-refractivity contribution in [3.05, 3.63) is 59.4 Å². The van der Waals surface area contributed by atoms with Crippen LogP contribution in [0, 0.1) is 13.8 Å². The number of benzene rings is 1. The Morgan fingerprint density at radius 2 is 1.73 bits per heavy atom. The number of nitrogens with zero attached hydrogens (tertiary/aromatic N) is 2. The molecule has 22 heavy (non-hydrogen) atoms. The topological polar surface area (TPSA) is 59.4 Å². The van der Waals surface area contributed by atoms with Crippen LogP contribution in [-0.2, 0) is 20.7 Å². The Kier molecular flexibility index (Phi) is 5.13.